The summed E-state index contributed by atoms with van der Waals surface area (Å²) >= 11 is 0. The van der Waals surface area contributed by atoms with E-state index in [-0.39, 0.29) is 5.54 Å². The fourth-order valence-electron chi connectivity index (χ4n) is 6.29. The highest BCUT2D eigenvalue weighted by atomic mass is 16.2. The van der Waals surface area contributed by atoms with Gasteiger partial charge in [-0.3, -0.25) is 4.79 Å². The van der Waals surface area contributed by atoms with Gasteiger partial charge in [0.25, 0.3) is 0 Å². The van der Waals surface area contributed by atoms with Crippen LogP contribution in [-0.4, -0.2) is 36.0 Å². The summed E-state index contributed by atoms with van der Waals surface area (Å²) in [6, 6.07) is 0.533. The molecular weight excluding hydrogens is 260 g/mol. The van der Waals surface area contributed by atoms with Crippen molar-refractivity contribution in [3.8, 4) is 0 Å². The maximum atomic E-state index is 13.1. The van der Waals surface area contributed by atoms with E-state index in [1.165, 1.54) is 44.9 Å². The van der Waals surface area contributed by atoms with Crippen LogP contribution in [0.4, 0.5) is 0 Å². The Morgan fingerprint density at radius 2 is 1.67 bits per heavy atom. The van der Waals surface area contributed by atoms with Gasteiger partial charge in [-0.15, -0.1) is 0 Å². The van der Waals surface area contributed by atoms with E-state index >= 15 is 0 Å². The van der Waals surface area contributed by atoms with E-state index in [4.69, 9.17) is 0 Å². The fourth-order valence-corrected chi connectivity index (χ4v) is 6.29. The van der Waals surface area contributed by atoms with E-state index < -0.39 is 0 Å². The van der Waals surface area contributed by atoms with Crippen LogP contribution in [0.25, 0.3) is 0 Å². The van der Waals surface area contributed by atoms with Crippen LogP contribution in [0.3, 0.4) is 0 Å². The zero-order chi connectivity index (χ0) is 14.6. The molecule has 118 valence electrons. The number of piperidine rings is 1. The Kier molecular flexibility index (Phi) is 3.33. The smallest absolute Gasteiger partial charge is 0.242 e. The number of hydrogen-bond donors (Lipinski definition) is 1. The monoisotopic (exact) mass is 290 g/mol. The lowest BCUT2D eigenvalue weighted by Gasteiger charge is -2.57. The van der Waals surface area contributed by atoms with Crippen molar-refractivity contribution in [2.45, 2.75) is 69.9 Å². The number of carbonyl (C=O) groups is 1. The van der Waals surface area contributed by atoms with Crippen LogP contribution in [0, 0.1) is 23.7 Å². The first kappa shape index (κ1) is 14.0. The SMILES string of the molecule is CN(C(=O)C1(C)CCCCN1)C1C2CC3CC(C2)CC1C3. The zero-order valence-corrected chi connectivity index (χ0v) is 13.6. The van der Waals surface area contributed by atoms with Crippen LogP contribution in [-0.2, 0) is 4.79 Å². The van der Waals surface area contributed by atoms with Crippen LogP contribution in [0.1, 0.15) is 58.3 Å². The first-order chi connectivity index (χ1) is 10.1. The summed E-state index contributed by atoms with van der Waals surface area (Å²) < 4.78 is 0. The molecule has 1 N–H and O–H groups in total. The average Bonchev–Trinajstić information content (AvgIpc) is 2.46. The van der Waals surface area contributed by atoms with Crippen molar-refractivity contribution in [1.29, 1.82) is 0 Å². The average molecular weight is 290 g/mol. The Morgan fingerprint density at radius 1 is 1.05 bits per heavy atom. The van der Waals surface area contributed by atoms with Gasteiger partial charge in [-0.25, -0.2) is 0 Å². The van der Waals surface area contributed by atoms with Gasteiger partial charge < -0.3 is 10.2 Å². The van der Waals surface area contributed by atoms with Gasteiger partial charge in [0.1, 0.15) is 0 Å². The van der Waals surface area contributed by atoms with Gasteiger partial charge in [-0.05, 0) is 88.5 Å². The van der Waals surface area contributed by atoms with Crippen molar-refractivity contribution < 1.29 is 4.79 Å². The summed E-state index contributed by atoms with van der Waals surface area (Å²) in [5.41, 5.74) is -0.304. The van der Waals surface area contributed by atoms with Gasteiger partial charge in [0.15, 0.2) is 0 Å². The molecule has 1 amide bonds. The second-order valence-corrected chi connectivity index (χ2v) is 8.55. The summed E-state index contributed by atoms with van der Waals surface area (Å²) in [6.07, 6.45) is 10.4. The van der Waals surface area contributed by atoms with Crippen LogP contribution < -0.4 is 5.32 Å². The van der Waals surface area contributed by atoms with Gasteiger partial charge in [-0.1, -0.05) is 0 Å². The molecule has 0 spiro atoms. The third-order valence-corrected chi connectivity index (χ3v) is 7.04. The highest BCUT2D eigenvalue weighted by molar-refractivity contribution is 5.86. The van der Waals surface area contributed by atoms with Crippen LogP contribution in [0.15, 0.2) is 0 Å². The van der Waals surface area contributed by atoms with Gasteiger partial charge in [0.05, 0.1) is 5.54 Å². The molecule has 0 aromatic heterocycles. The molecule has 0 radical (unpaired) electrons. The van der Waals surface area contributed by atoms with Crippen LogP contribution in [0.5, 0.6) is 0 Å². The lowest BCUT2D eigenvalue weighted by Crippen LogP contribution is -2.63. The van der Waals surface area contributed by atoms with E-state index in [9.17, 15) is 4.79 Å². The predicted molar refractivity (Wildman–Crippen MR) is 83.9 cm³/mol. The molecule has 4 bridgehead atoms. The molecule has 4 aliphatic carbocycles. The first-order valence-corrected chi connectivity index (χ1v) is 9.09. The second kappa shape index (κ2) is 4.97. The minimum Gasteiger partial charge on any atom is -0.341 e. The summed E-state index contributed by atoms with van der Waals surface area (Å²) in [6.45, 7) is 3.12. The topological polar surface area (TPSA) is 32.3 Å². The van der Waals surface area contributed by atoms with Gasteiger partial charge in [0, 0.05) is 13.1 Å². The standard InChI is InChI=1S/C18H30N2O/c1-18(5-3-4-6-19-18)17(21)20(2)16-14-8-12-7-13(10-14)11-15(16)9-12/h12-16,19H,3-11H2,1-2H3. The van der Waals surface area contributed by atoms with E-state index in [2.05, 4.69) is 24.2 Å². The third kappa shape index (κ3) is 2.23. The van der Waals surface area contributed by atoms with Crippen molar-refractivity contribution in [2.75, 3.05) is 13.6 Å². The molecule has 5 fully saturated rings. The molecule has 1 aliphatic heterocycles. The Labute approximate surface area is 128 Å². The largest absolute Gasteiger partial charge is 0.341 e. The molecule has 3 heteroatoms. The van der Waals surface area contributed by atoms with Crippen molar-refractivity contribution in [3.63, 3.8) is 0 Å². The number of amides is 1. The normalized spacial score (nSPS) is 48.4. The van der Waals surface area contributed by atoms with Crippen molar-refractivity contribution >= 4 is 5.91 Å². The Morgan fingerprint density at radius 3 is 2.19 bits per heavy atom. The molecule has 21 heavy (non-hydrogen) atoms. The molecule has 4 saturated carbocycles. The molecule has 5 aliphatic rings. The highest BCUT2D eigenvalue weighted by Gasteiger charge is 2.51. The number of rotatable bonds is 2. The van der Waals surface area contributed by atoms with E-state index in [0.717, 1.165) is 36.6 Å². The molecule has 0 aromatic rings. The van der Waals surface area contributed by atoms with Crippen molar-refractivity contribution in [1.82, 2.24) is 10.2 Å². The lowest BCUT2D eigenvalue weighted by atomic mass is 9.54. The van der Waals surface area contributed by atoms with E-state index in [1.807, 2.05) is 0 Å². The molecule has 1 atom stereocenters. The third-order valence-electron chi connectivity index (χ3n) is 7.04. The fraction of sp³-hybridized carbons (Fsp3) is 0.944. The minimum absolute atomic E-state index is 0.304. The van der Waals surface area contributed by atoms with E-state index in [0.29, 0.717) is 11.9 Å². The summed E-state index contributed by atoms with van der Waals surface area (Å²) in [5.74, 6) is 3.91. The first-order valence-electron chi connectivity index (χ1n) is 9.09. The maximum absolute atomic E-state index is 13.1. The molecule has 3 nitrogen and oxygen atoms in total. The molecule has 1 heterocycles. The summed E-state index contributed by atoms with van der Waals surface area (Å²) in [4.78, 5) is 15.3. The van der Waals surface area contributed by atoms with Crippen LogP contribution >= 0.6 is 0 Å². The number of likely N-dealkylation sites (N-methyl/N-ethyl adjacent to an activating group) is 1. The Bertz CT molecular complexity index is 399. The number of nitrogens with one attached hydrogen (secondary N) is 1. The van der Waals surface area contributed by atoms with Crippen molar-refractivity contribution in [3.05, 3.63) is 0 Å². The van der Waals surface area contributed by atoms with Crippen LogP contribution in [0.2, 0.25) is 0 Å². The minimum atomic E-state index is -0.304. The molecular formula is C18H30N2O. The quantitative estimate of drug-likeness (QED) is 0.848. The number of nitrogens with zero attached hydrogens (tertiary/aromatic N) is 1. The Balaban J connectivity index is 1.52. The lowest BCUT2D eigenvalue weighted by molar-refractivity contribution is -0.148. The number of hydrogen-bond acceptors (Lipinski definition) is 2. The predicted octanol–water partition coefficient (Wildman–Crippen LogP) is 2.80. The van der Waals surface area contributed by atoms with Gasteiger partial charge in [-0.2, -0.15) is 0 Å². The summed E-state index contributed by atoms with van der Waals surface area (Å²) in [5, 5.41) is 3.51. The molecule has 5 rings (SSSR count). The second-order valence-electron chi connectivity index (χ2n) is 8.55. The Hall–Kier alpha value is -0.570. The molecule has 1 unspecified atom stereocenters. The molecule has 1 saturated heterocycles. The van der Waals surface area contributed by atoms with Gasteiger partial charge >= 0.3 is 0 Å². The summed E-state index contributed by atoms with van der Waals surface area (Å²) in [7, 11) is 2.09. The van der Waals surface area contributed by atoms with Crippen molar-refractivity contribution in [2.24, 2.45) is 23.7 Å². The zero-order valence-electron chi connectivity index (χ0n) is 13.6. The number of carbonyl (C=O) groups excluding carboxylic acids is 1. The maximum Gasteiger partial charge on any atom is 0.242 e. The highest BCUT2D eigenvalue weighted by Crippen LogP contribution is 2.55. The molecule has 0 aromatic carbocycles. The van der Waals surface area contributed by atoms with E-state index in [1.54, 1.807) is 0 Å². The van der Waals surface area contributed by atoms with Gasteiger partial charge in [0.2, 0.25) is 5.91 Å².